The molecule has 1 heterocycles. The fraction of sp³-hybridized carbons (Fsp3) is 0.647. The highest BCUT2D eigenvalue weighted by atomic mass is 16.5. The lowest BCUT2D eigenvalue weighted by atomic mass is 9.99. The predicted octanol–water partition coefficient (Wildman–Crippen LogP) is 1.31. The van der Waals surface area contributed by atoms with E-state index in [2.05, 4.69) is 52.3 Å². The maximum atomic E-state index is 5.59. The summed E-state index contributed by atoms with van der Waals surface area (Å²) in [7, 11) is 3.49. The lowest BCUT2D eigenvalue weighted by Crippen LogP contribution is -2.56. The van der Waals surface area contributed by atoms with E-state index in [-0.39, 0.29) is 12.2 Å². The Balaban J connectivity index is 1.87. The summed E-state index contributed by atoms with van der Waals surface area (Å²) in [6, 6.07) is 11.0. The third kappa shape index (κ3) is 6.55. The second-order valence-electron chi connectivity index (χ2n) is 5.99. The zero-order chi connectivity index (χ0) is 16.3. The molecule has 23 heavy (non-hydrogen) atoms. The van der Waals surface area contributed by atoms with E-state index in [1.165, 1.54) is 5.56 Å². The number of ether oxygens (including phenoxy) is 2. The Morgan fingerprint density at radius 2 is 1.70 bits per heavy atom. The van der Waals surface area contributed by atoms with Gasteiger partial charge in [-0.05, 0) is 24.8 Å². The molecular weight excluding hydrogens is 292 g/mol. The highest BCUT2D eigenvalue weighted by Crippen LogP contribution is 2.14. The summed E-state index contributed by atoms with van der Waals surface area (Å²) in [6.45, 7) is 0.674. The van der Waals surface area contributed by atoms with Crippen molar-refractivity contribution in [1.29, 1.82) is 0 Å². The summed E-state index contributed by atoms with van der Waals surface area (Å²) >= 11 is 0. The monoisotopic (exact) mass is 322 g/mol. The first kappa shape index (κ1) is 18.3. The first-order valence-corrected chi connectivity index (χ1v) is 8.41. The van der Waals surface area contributed by atoms with Crippen LogP contribution in [0.25, 0.3) is 0 Å². The molecule has 0 aromatic heterocycles. The van der Waals surface area contributed by atoms with Gasteiger partial charge < -0.3 is 9.47 Å². The van der Waals surface area contributed by atoms with Gasteiger partial charge in [-0.1, -0.05) is 43.2 Å². The molecule has 3 unspecified atom stereocenters. The van der Waals surface area contributed by atoms with E-state index in [0.29, 0.717) is 12.6 Å². The normalized spacial score (nSPS) is 27.8. The van der Waals surface area contributed by atoms with E-state index < -0.39 is 0 Å². The molecule has 1 fully saturated rings. The van der Waals surface area contributed by atoms with Crippen LogP contribution in [0.5, 0.6) is 0 Å². The third-order valence-electron chi connectivity index (χ3n) is 4.37. The van der Waals surface area contributed by atoms with Gasteiger partial charge in [-0.25, -0.2) is 10.9 Å². The number of nitrogens with one attached hydrogen (secondary N) is 4. The lowest BCUT2D eigenvalue weighted by Gasteiger charge is -2.27. The molecule has 6 heteroatoms. The molecule has 1 saturated heterocycles. The van der Waals surface area contributed by atoms with Gasteiger partial charge in [0.05, 0.1) is 12.2 Å². The van der Waals surface area contributed by atoms with Crippen LogP contribution >= 0.6 is 0 Å². The minimum atomic E-state index is 0.0360. The topological polar surface area (TPSA) is 66.6 Å². The van der Waals surface area contributed by atoms with Crippen LogP contribution in [0.2, 0.25) is 0 Å². The van der Waals surface area contributed by atoms with Crippen LogP contribution in [0, 0.1) is 0 Å². The summed E-state index contributed by atoms with van der Waals surface area (Å²) in [5.74, 6) is 0. The number of benzene rings is 1. The molecule has 0 amide bonds. The van der Waals surface area contributed by atoms with Crippen molar-refractivity contribution in [3.05, 3.63) is 35.9 Å². The predicted molar refractivity (Wildman–Crippen MR) is 91.4 cm³/mol. The van der Waals surface area contributed by atoms with Gasteiger partial charge in [0, 0.05) is 26.8 Å². The van der Waals surface area contributed by atoms with E-state index in [1.54, 1.807) is 14.2 Å². The number of hydrazine groups is 3. The Bertz CT molecular complexity index is 418. The molecule has 0 saturated carbocycles. The van der Waals surface area contributed by atoms with Crippen LogP contribution in [0.15, 0.2) is 30.3 Å². The summed E-state index contributed by atoms with van der Waals surface area (Å²) in [5, 5.41) is 0. The molecule has 2 rings (SSSR count). The van der Waals surface area contributed by atoms with Gasteiger partial charge in [0.25, 0.3) is 0 Å². The van der Waals surface area contributed by atoms with Crippen LogP contribution in [-0.4, -0.2) is 39.0 Å². The van der Waals surface area contributed by atoms with E-state index >= 15 is 0 Å². The Morgan fingerprint density at radius 3 is 2.43 bits per heavy atom. The Hall–Kier alpha value is -1.02. The van der Waals surface area contributed by atoms with Gasteiger partial charge in [0.2, 0.25) is 0 Å². The summed E-state index contributed by atoms with van der Waals surface area (Å²) in [4.78, 5) is 0. The molecule has 0 spiro atoms. The van der Waals surface area contributed by atoms with Crippen molar-refractivity contribution >= 4 is 0 Å². The number of hydrogen-bond donors (Lipinski definition) is 4. The third-order valence-corrected chi connectivity index (χ3v) is 4.37. The summed E-state index contributed by atoms with van der Waals surface area (Å²) in [6.07, 6.45) is 5.58. The molecule has 0 bridgehead atoms. The van der Waals surface area contributed by atoms with Gasteiger partial charge in [0.1, 0.15) is 0 Å². The molecule has 1 aromatic rings. The maximum absolute atomic E-state index is 5.59. The maximum Gasteiger partial charge on any atom is 0.0971 e. The van der Waals surface area contributed by atoms with Gasteiger partial charge in [-0.2, -0.15) is 11.1 Å². The average molecular weight is 322 g/mol. The van der Waals surface area contributed by atoms with Crippen LogP contribution in [0.3, 0.4) is 0 Å². The highest BCUT2D eigenvalue weighted by molar-refractivity contribution is 5.15. The van der Waals surface area contributed by atoms with Crippen molar-refractivity contribution in [1.82, 2.24) is 21.9 Å². The molecular formula is C17H30N4O2. The highest BCUT2D eigenvalue weighted by Gasteiger charge is 2.21. The summed E-state index contributed by atoms with van der Waals surface area (Å²) in [5.41, 5.74) is 13.8. The van der Waals surface area contributed by atoms with Crippen LogP contribution in [0.1, 0.15) is 31.2 Å². The minimum Gasteiger partial charge on any atom is -0.379 e. The van der Waals surface area contributed by atoms with Gasteiger partial charge in [-0.15, -0.1) is 0 Å². The van der Waals surface area contributed by atoms with Gasteiger partial charge in [-0.3, -0.25) is 0 Å². The van der Waals surface area contributed by atoms with E-state index in [4.69, 9.17) is 9.47 Å². The largest absolute Gasteiger partial charge is 0.379 e. The second kappa shape index (κ2) is 10.7. The van der Waals surface area contributed by atoms with Crippen LogP contribution < -0.4 is 21.9 Å². The van der Waals surface area contributed by atoms with Crippen molar-refractivity contribution in [3.8, 4) is 0 Å². The van der Waals surface area contributed by atoms with Gasteiger partial charge >= 0.3 is 0 Å². The van der Waals surface area contributed by atoms with Crippen molar-refractivity contribution in [2.75, 3.05) is 20.8 Å². The first-order valence-electron chi connectivity index (χ1n) is 8.41. The zero-order valence-corrected chi connectivity index (χ0v) is 14.2. The molecule has 0 aliphatic carbocycles. The van der Waals surface area contributed by atoms with E-state index in [0.717, 1.165) is 32.1 Å². The second-order valence-corrected chi connectivity index (χ2v) is 5.99. The first-order chi connectivity index (χ1) is 11.3. The lowest BCUT2D eigenvalue weighted by molar-refractivity contribution is -0.0419. The molecule has 3 atom stereocenters. The molecule has 6 nitrogen and oxygen atoms in total. The van der Waals surface area contributed by atoms with Gasteiger partial charge in [0.15, 0.2) is 0 Å². The van der Waals surface area contributed by atoms with E-state index in [9.17, 15) is 0 Å². The standard InChI is InChI=1S/C17H30N4O2/c1-22-16-11-7-6-10-15(12-14-8-4-3-5-9-14)19-21-20-18-13-17(16)23-2/h3-5,8-9,15-21H,6-7,10-13H2,1-2H3. The fourth-order valence-electron chi connectivity index (χ4n) is 3.02. The minimum absolute atomic E-state index is 0.0360. The SMILES string of the molecule is COC1CCCCC(Cc2ccccc2)NNNNCC1OC. The quantitative estimate of drug-likeness (QED) is 0.670. The summed E-state index contributed by atoms with van der Waals surface area (Å²) < 4.78 is 11.1. The number of methoxy groups -OCH3 is 2. The zero-order valence-electron chi connectivity index (χ0n) is 14.2. The van der Waals surface area contributed by atoms with Crippen molar-refractivity contribution in [2.45, 2.75) is 50.4 Å². The number of rotatable bonds is 4. The average Bonchev–Trinajstić information content (AvgIpc) is 2.58. The molecule has 0 radical (unpaired) electrons. The molecule has 1 aliphatic heterocycles. The fourth-order valence-corrected chi connectivity index (χ4v) is 3.02. The molecule has 1 aromatic carbocycles. The Kier molecular flexibility index (Phi) is 8.52. The van der Waals surface area contributed by atoms with Crippen LogP contribution in [0.4, 0.5) is 0 Å². The Morgan fingerprint density at radius 1 is 0.957 bits per heavy atom. The van der Waals surface area contributed by atoms with Crippen LogP contribution in [-0.2, 0) is 15.9 Å². The Labute approximate surface area is 139 Å². The smallest absolute Gasteiger partial charge is 0.0971 e. The van der Waals surface area contributed by atoms with Crippen molar-refractivity contribution in [2.24, 2.45) is 0 Å². The molecule has 130 valence electrons. The number of hydrogen-bond acceptors (Lipinski definition) is 6. The van der Waals surface area contributed by atoms with Crippen molar-refractivity contribution < 1.29 is 9.47 Å². The molecule has 4 N–H and O–H groups in total. The van der Waals surface area contributed by atoms with E-state index in [1.807, 2.05) is 0 Å². The molecule has 1 aliphatic rings. The van der Waals surface area contributed by atoms with Crippen molar-refractivity contribution in [3.63, 3.8) is 0 Å².